The van der Waals surface area contributed by atoms with Gasteiger partial charge in [-0.2, -0.15) is 0 Å². The SMILES string of the molecule is CC(C)[C@@H](NC(=O)CCn1cnnn1)c1nc2ccccc2[nH]1. The van der Waals surface area contributed by atoms with Gasteiger partial charge >= 0.3 is 0 Å². The maximum absolute atomic E-state index is 12.2. The van der Waals surface area contributed by atoms with E-state index in [0.29, 0.717) is 13.0 Å². The molecule has 1 aromatic carbocycles. The number of tetrazole rings is 1. The molecule has 0 saturated carbocycles. The maximum Gasteiger partial charge on any atom is 0.222 e. The molecule has 0 bridgehead atoms. The summed E-state index contributed by atoms with van der Waals surface area (Å²) in [7, 11) is 0. The first kappa shape index (κ1) is 15.1. The number of rotatable bonds is 6. The van der Waals surface area contributed by atoms with Gasteiger partial charge in [0.2, 0.25) is 5.91 Å². The fourth-order valence-corrected chi connectivity index (χ4v) is 2.42. The Morgan fingerprint density at radius 3 is 2.87 bits per heavy atom. The molecule has 0 unspecified atom stereocenters. The minimum absolute atomic E-state index is 0.0559. The van der Waals surface area contributed by atoms with E-state index in [9.17, 15) is 4.79 Å². The van der Waals surface area contributed by atoms with Crippen LogP contribution in [0.3, 0.4) is 0 Å². The molecule has 0 spiro atoms. The summed E-state index contributed by atoms with van der Waals surface area (Å²) in [4.78, 5) is 20.1. The van der Waals surface area contributed by atoms with Crippen LogP contribution in [0.5, 0.6) is 0 Å². The zero-order valence-electron chi connectivity index (χ0n) is 13.1. The normalized spacial score (nSPS) is 12.7. The van der Waals surface area contributed by atoms with E-state index in [2.05, 4.69) is 44.7 Å². The summed E-state index contributed by atoms with van der Waals surface area (Å²) >= 11 is 0. The number of aromatic nitrogens is 6. The first-order chi connectivity index (χ1) is 11.1. The van der Waals surface area contributed by atoms with Crippen molar-refractivity contribution in [2.45, 2.75) is 32.9 Å². The van der Waals surface area contributed by atoms with Crippen molar-refractivity contribution in [1.82, 2.24) is 35.5 Å². The number of hydrogen-bond donors (Lipinski definition) is 2. The van der Waals surface area contributed by atoms with Gasteiger partial charge in [0.15, 0.2) is 0 Å². The minimum atomic E-state index is -0.163. The number of aromatic amines is 1. The number of fused-ring (bicyclic) bond motifs is 1. The Labute approximate surface area is 133 Å². The fraction of sp³-hybridized carbons (Fsp3) is 0.400. The fourth-order valence-electron chi connectivity index (χ4n) is 2.42. The number of para-hydroxylation sites is 2. The zero-order chi connectivity index (χ0) is 16.2. The van der Waals surface area contributed by atoms with Crippen LogP contribution in [0, 0.1) is 5.92 Å². The van der Waals surface area contributed by atoms with E-state index in [4.69, 9.17) is 0 Å². The summed E-state index contributed by atoms with van der Waals surface area (Å²) < 4.78 is 1.53. The summed E-state index contributed by atoms with van der Waals surface area (Å²) in [5, 5.41) is 13.9. The molecule has 0 aliphatic carbocycles. The van der Waals surface area contributed by atoms with Gasteiger partial charge in [-0.05, 0) is 28.5 Å². The maximum atomic E-state index is 12.2. The Kier molecular flexibility index (Phi) is 4.31. The van der Waals surface area contributed by atoms with E-state index in [1.807, 2.05) is 24.3 Å². The lowest BCUT2D eigenvalue weighted by atomic mass is 10.0. The summed E-state index contributed by atoms with van der Waals surface area (Å²) in [6, 6.07) is 7.67. The number of H-pyrrole nitrogens is 1. The lowest BCUT2D eigenvalue weighted by Gasteiger charge is -2.20. The average Bonchev–Trinajstić information content (AvgIpc) is 3.19. The number of imidazole rings is 1. The molecule has 23 heavy (non-hydrogen) atoms. The molecule has 1 amide bonds. The van der Waals surface area contributed by atoms with Crippen molar-refractivity contribution in [2.24, 2.45) is 5.92 Å². The molecule has 2 heterocycles. The van der Waals surface area contributed by atoms with Crippen molar-refractivity contribution in [3.05, 3.63) is 36.4 Å². The van der Waals surface area contributed by atoms with Crippen LogP contribution < -0.4 is 5.32 Å². The van der Waals surface area contributed by atoms with Crippen LogP contribution in [0.2, 0.25) is 0 Å². The van der Waals surface area contributed by atoms with Crippen LogP contribution in [0.1, 0.15) is 32.1 Å². The third-order valence-corrected chi connectivity index (χ3v) is 3.64. The van der Waals surface area contributed by atoms with Gasteiger partial charge in [-0.25, -0.2) is 9.67 Å². The Bertz CT molecular complexity index is 745. The van der Waals surface area contributed by atoms with Crippen molar-refractivity contribution < 1.29 is 4.79 Å². The van der Waals surface area contributed by atoms with Gasteiger partial charge in [-0.15, -0.1) is 5.10 Å². The van der Waals surface area contributed by atoms with E-state index < -0.39 is 0 Å². The molecule has 0 aliphatic heterocycles. The number of carbonyl (C=O) groups is 1. The Morgan fingerprint density at radius 1 is 1.35 bits per heavy atom. The number of hydrogen-bond acceptors (Lipinski definition) is 5. The van der Waals surface area contributed by atoms with Crippen molar-refractivity contribution in [2.75, 3.05) is 0 Å². The summed E-state index contributed by atoms with van der Waals surface area (Å²) in [5.74, 6) is 0.934. The Balaban J connectivity index is 1.69. The van der Waals surface area contributed by atoms with Crippen LogP contribution >= 0.6 is 0 Å². The predicted molar refractivity (Wildman–Crippen MR) is 84.2 cm³/mol. The van der Waals surface area contributed by atoms with Crippen LogP contribution in [-0.4, -0.2) is 36.1 Å². The van der Waals surface area contributed by atoms with Crippen LogP contribution in [0.25, 0.3) is 11.0 Å². The molecule has 8 nitrogen and oxygen atoms in total. The highest BCUT2D eigenvalue weighted by molar-refractivity contribution is 5.77. The van der Waals surface area contributed by atoms with Crippen LogP contribution in [0.4, 0.5) is 0 Å². The number of carbonyl (C=O) groups excluding carboxylic acids is 1. The second-order valence-corrected chi connectivity index (χ2v) is 5.75. The molecule has 0 aliphatic rings. The average molecular weight is 313 g/mol. The highest BCUT2D eigenvalue weighted by Crippen LogP contribution is 2.22. The lowest BCUT2D eigenvalue weighted by Crippen LogP contribution is -2.33. The van der Waals surface area contributed by atoms with Gasteiger partial charge < -0.3 is 10.3 Å². The molecule has 2 N–H and O–H groups in total. The predicted octanol–water partition coefficient (Wildman–Crippen LogP) is 1.45. The molecular formula is C15H19N7O. The van der Waals surface area contributed by atoms with Gasteiger partial charge in [-0.1, -0.05) is 26.0 Å². The van der Waals surface area contributed by atoms with Crippen molar-refractivity contribution >= 4 is 16.9 Å². The quantitative estimate of drug-likeness (QED) is 0.717. The second-order valence-electron chi connectivity index (χ2n) is 5.75. The van der Waals surface area contributed by atoms with Crippen LogP contribution in [0.15, 0.2) is 30.6 Å². The van der Waals surface area contributed by atoms with Gasteiger partial charge in [0, 0.05) is 6.42 Å². The van der Waals surface area contributed by atoms with Crippen molar-refractivity contribution in [3.63, 3.8) is 0 Å². The first-order valence-corrected chi connectivity index (χ1v) is 7.58. The van der Waals surface area contributed by atoms with Crippen molar-refractivity contribution in [3.8, 4) is 0 Å². The van der Waals surface area contributed by atoms with E-state index in [1.165, 1.54) is 11.0 Å². The molecule has 0 fully saturated rings. The standard InChI is InChI=1S/C15H19N7O/c1-10(2)14(15-17-11-5-3-4-6-12(11)18-15)19-13(23)7-8-22-9-16-20-21-22/h3-6,9-10,14H,7-8H2,1-2H3,(H,17,18)(H,19,23)/t14-/m1/s1. The molecule has 2 aromatic heterocycles. The van der Waals surface area contributed by atoms with E-state index >= 15 is 0 Å². The zero-order valence-corrected chi connectivity index (χ0v) is 13.1. The molecule has 3 aromatic rings. The lowest BCUT2D eigenvalue weighted by molar-refractivity contribution is -0.122. The van der Waals surface area contributed by atoms with Crippen molar-refractivity contribution in [1.29, 1.82) is 0 Å². The molecule has 8 heteroatoms. The smallest absolute Gasteiger partial charge is 0.222 e. The van der Waals surface area contributed by atoms with E-state index in [1.54, 1.807) is 0 Å². The largest absolute Gasteiger partial charge is 0.346 e. The highest BCUT2D eigenvalue weighted by atomic mass is 16.1. The van der Waals surface area contributed by atoms with Gasteiger partial charge in [0.1, 0.15) is 12.2 Å². The number of aryl methyl sites for hydroxylation is 1. The second kappa shape index (κ2) is 6.55. The molecule has 0 radical (unpaired) electrons. The molecular weight excluding hydrogens is 294 g/mol. The third kappa shape index (κ3) is 3.53. The van der Waals surface area contributed by atoms with Gasteiger partial charge in [-0.3, -0.25) is 4.79 Å². The van der Waals surface area contributed by atoms with Gasteiger partial charge in [0.25, 0.3) is 0 Å². The summed E-state index contributed by atoms with van der Waals surface area (Å²) in [5.41, 5.74) is 1.87. The Hall–Kier alpha value is -2.77. The monoisotopic (exact) mass is 313 g/mol. The third-order valence-electron chi connectivity index (χ3n) is 3.64. The number of amides is 1. The van der Waals surface area contributed by atoms with E-state index in [0.717, 1.165) is 16.9 Å². The number of nitrogens with zero attached hydrogens (tertiary/aromatic N) is 5. The molecule has 120 valence electrons. The molecule has 3 rings (SSSR count). The minimum Gasteiger partial charge on any atom is -0.346 e. The first-order valence-electron chi connectivity index (χ1n) is 7.58. The summed E-state index contributed by atoms with van der Waals surface area (Å²) in [6.07, 6.45) is 1.81. The number of nitrogens with one attached hydrogen (secondary N) is 2. The molecule has 1 atom stereocenters. The Morgan fingerprint density at radius 2 is 2.17 bits per heavy atom. The topological polar surface area (TPSA) is 101 Å². The van der Waals surface area contributed by atoms with Crippen LogP contribution in [-0.2, 0) is 11.3 Å². The molecule has 0 saturated heterocycles. The van der Waals surface area contributed by atoms with E-state index in [-0.39, 0.29) is 17.9 Å². The number of benzene rings is 1. The van der Waals surface area contributed by atoms with Gasteiger partial charge in [0.05, 0.1) is 23.6 Å². The summed E-state index contributed by atoms with van der Waals surface area (Å²) in [6.45, 7) is 4.56. The highest BCUT2D eigenvalue weighted by Gasteiger charge is 2.21.